The molecule has 2 amide bonds. The van der Waals surface area contributed by atoms with Gasteiger partial charge in [-0.1, -0.05) is 29.5 Å². The third kappa shape index (κ3) is 4.17. The molecule has 2 aromatic carbocycles. The molecule has 8 nitrogen and oxygen atoms in total. The molecule has 3 rings (SSSR count). The highest BCUT2D eigenvalue weighted by Gasteiger charge is 2.19. The second-order valence-electron chi connectivity index (χ2n) is 6.60. The number of amides is 2. The van der Waals surface area contributed by atoms with Crippen LogP contribution in [-0.4, -0.2) is 26.8 Å². The molecule has 8 heteroatoms. The Kier molecular flexibility index (Phi) is 5.39. The maximum absolute atomic E-state index is 12.5. The predicted molar refractivity (Wildman–Crippen MR) is 108 cm³/mol. The highest BCUT2D eigenvalue weighted by atomic mass is 16.2. The number of nitrogen functional groups attached to an aromatic ring is 1. The molecule has 1 heterocycles. The van der Waals surface area contributed by atoms with Crippen LogP contribution in [-0.2, 0) is 11.3 Å². The van der Waals surface area contributed by atoms with Crippen LogP contribution in [0.1, 0.15) is 27.2 Å². The van der Waals surface area contributed by atoms with Gasteiger partial charge in [-0.15, -0.1) is 5.10 Å². The molecule has 0 saturated carbocycles. The van der Waals surface area contributed by atoms with E-state index in [4.69, 9.17) is 5.73 Å². The number of nitrogens with zero attached hydrogens (tertiary/aromatic N) is 3. The van der Waals surface area contributed by atoms with Crippen molar-refractivity contribution in [3.63, 3.8) is 0 Å². The maximum atomic E-state index is 12.5. The second-order valence-corrected chi connectivity index (χ2v) is 6.60. The monoisotopic (exact) mass is 378 g/mol. The van der Waals surface area contributed by atoms with E-state index in [9.17, 15) is 9.59 Å². The summed E-state index contributed by atoms with van der Waals surface area (Å²) in [6, 6.07) is 13.0. The molecule has 144 valence electrons. The molecule has 0 spiro atoms. The molecule has 0 fully saturated rings. The fourth-order valence-corrected chi connectivity index (χ4v) is 2.65. The molecular weight excluding hydrogens is 356 g/mol. The normalized spacial score (nSPS) is 10.5. The minimum atomic E-state index is -0.480. The zero-order valence-corrected chi connectivity index (χ0v) is 16.0. The number of nitrogens with one attached hydrogen (secondary N) is 2. The second kappa shape index (κ2) is 7.91. The molecule has 1 aromatic heterocycles. The minimum Gasteiger partial charge on any atom is -0.382 e. The van der Waals surface area contributed by atoms with Crippen LogP contribution in [0.4, 0.5) is 17.2 Å². The van der Waals surface area contributed by atoms with Crippen LogP contribution in [0.25, 0.3) is 0 Å². The van der Waals surface area contributed by atoms with Crippen molar-refractivity contribution in [3.8, 4) is 0 Å². The van der Waals surface area contributed by atoms with Crippen molar-refractivity contribution in [1.29, 1.82) is 0 Å². The number of carbonyl (C=O) groups is 2. The van der Waals surface area contributed by atoms with Gasteiger partial charge in [0, 0.05) is 11.4 Å². The Bertz CT molecular complexity index is 1040. The van der Waals surface area contributed by atoms with Gasteiger partial charge in [0.05, 0.1) is 0 Å². The smallest absolute Gasteiger partial charge is 0.280 e. The fraction of sp³-hybridized carbons (Fsp3) is 0.200. The summed E-state index contributed by atoms with van der Waals surface area (Å²) in [5, 5.41) is 13.2. The van der Waals surface area contributed by atoms with Gasteiger partial charge >= 0.3 is 0 Å². The Morgan fingerprint density at radius 3 is 2.46 bits per heavy atom. The molecule has 0 atom stereocenters. The summed E-state index contributed by atoms with van der Waals surface area (Å²) in [4.78, 5) is 24.7. The minimum absolute atomic E-state index is 0.0260. The molecule has 0 aliphatic carbocycles. The molecular formula is C20H22N6O2. The van der Waals surface area contributed by atoms with Gasteiger partial charge in [0.2, 0.25) is 5.91 Å². The average molecular weight is 378 g/mol. The van der Waals surface area contributed by atoms with Gasteiger partial charge in [-0.2, -0.15) is 0 Å². The lowest BCUT2D eigenvalue weighted by molar-refractivity contribution is -0.116. The lowest BCUT2D eigenvalue weighted by Gasteiger charge is -2.09. The van der Waals surface area contributed by atoms with Gasteiger partial charge in [-0.25, -0.2) is 4.68 Å². The number of hydrogen-bond acceptors (Lipinski definition) is 5. The van der Waals surface area contributed by atoms with E-state index in [0.29, 0.717) is 11.4 Å². The van der Waals surface area contributed by atoms with Crippen molar-refractivity contribution in [1.82, 2.24) is 15.0 Å². The number of anilines is 3. The van der Waals surface area contributed by atoms with Crippen molar-refractivity contribution >= 4 is 29.0 Å². The number of carbonyl (C=O) groups excluding carboxylic acids is 2. The maximum Gasteiger partial charge on any atom is 0.280 e. The van der Waals surface area contributed by atoms with E-state index in [-0.39, 0.29) is 24.0 Å². The van der Waals surface area contributed by atoms with Gasteiger partial charge in [-0.3, -0.25) is 9.59 Å². The average Bonchev–Trinajstić information content (AvgIpc) is 3.01. The van der Waals surface area contributed by atoms with E-state index in [0.717, 1.165) is 16.7 Å². The summed E-state index contributed by atoms with van der Waals surface area (Å²) in [7, 11) is 0. The third-order valence-electron chi connectivity index (χ3n) is 4.47. The van der Waals surface area contributed by atoms with Crippen LogP contribution in [0.2, 0.25) is 0 Å². The van der Waals surface area contributed by atoms with Crippen molar-refractivity contribution in [2.24, 2.45) is 0 Å². The Hall–Kier alpha value is -3.68. The number of nitrogens with two attached hydrogens (primary N) is 1. The van der Waals surface area contributed by atoms with Crippen molar-refractivity contribution in [2.75, 3.05) is 16.4 Å². The van der Waals surface area contributed by atoms with E-state index < -0.39 is 5.91 Å². The SMILES string of the molecule is Cc1ccc(NC(=O)c2nnn(CC(=O)Nc3ccccc3C)c2N)cc1C. The van der Waals surface area contributed by atoms with Crippen molar-refractivity contribution in [2.45, 2.75) is 27.3 Å². The van der Waals surface area contributed by atoms with E-state index in [2.05, 4.69) is 20.9 Å². The standard InChI is InChI=1S/C20H22N6O2/c1-12-8-9-15(10-14(12)3)22-20(28)18-19(21)26(25-24-18)11-17(27)23-16-7-5-4-6-13(16)2/h4-10H,11,21H2,1-3H3,(H,22,28)(H,23,27). The Labute approximate surface area is 162 Å². The van der Waals surface area contributed by atoms with Gasteiger partial charge in [0.15, 0.2) is 11.5 Å². The van der Waals surface area contributed by atoms with E-state index in [1.807, 2.05) is 51.1 Å². The number of rotatable bonds is 5. The van der Waals surface area contributed by atoms with E-state index >= 15 is 0 Å². The number of aromatic nitrogens is 3. The molecule has 0 unspecified atom stereocenters. The Morgan fingerprint density at radius 2 is 1.75 bits per heavy atom. The fourth-order valence-electron chi connectivity index (χ4n) is 2.65. The summed E-state index contributed by atoms with van der Waals surface area (Å²) < 4.78 is 1.20. The number of para-hydroxylation sites is 1. The molecule has 0 aliphatic heterocycles. The lowest BCUT2D eigenvalue weighted by Crippen LogP contribution is -2.21. The van der Waals surface area contributed by atoms with Crippen molar-refractivity contribution < 1.29 is 9.59 Å². The molecule has 0 aliphatic rings. The Balaban J connectivity index is 1.69. The van der Waals surface area contributed by atoms with E-state index in [1.54, 1.807) is 12.1 Å². The van der Waals surface area contributed by atoms with Gasteiger partial charge in [-0.05, 0) is 55.7 Å². The molecule has 0 saturated heterocycles. The van der Waals surface area contributed by atoms with Crippen molar-refractivity contribution in [3.05, 3.63) is 64.8 Å². The zero-order chi connectivity index (χ0) is 20.3. The van der Waals surface area contributed by atoms with Crippen LogP contribution in [0.15, 0.2) is 42.5 Å². The largest absolute Gasteiger partial charge is 0.382 e. The summed E-state index contributed by atoms with van der Waals surface area (Å²) in [5.41, 5.74) is 10.4. The molecule has 4 N–H and O–H groups in total. The Morgan fingerprint density at radius 1 is 1.00 bits per heavy atom. The molecule has 28 heavy (non-hydrogen) atoms. The van der Waals surface area contributed by atoms with E-state index in [1.165, 1.54) is 4.68 Å². The number of benzene rings is 2. The van der Waals surface area contributed by atoms with Gasteiger partial charge < -0.3 is 16.4 Å². The quantitative estimate of drug-likeness (QED) is 0.631. The first-order valence-electron chi connectivity index (χ1n) is 8.78. The first kappa shape index (κ1) is 19.1. The highest BCUT2D eigenvalue weighted by molar-refractivity contribution is 6.05. The van der Waals surface area contributed by atoms with Gasteiger partial charge in [0.25, 0.3) is 5.91 Å². The molecule has 0 bridgehead atoms. The molecule has 0 radical (unpaired) electrons. The van der Waals surface area contributed by atoms with Crippen LogP contribution >= 0.6 is 0 Å². The third-order valence-corrected chi connectivity index (χ3v) is 4.47. The van der Waals surface area contributed by atoms with Crippen LogP contribution in [0.5, 0.6) is 0 Å². The van der Waals surface area contributed by atoms with Gasteiger partial charge in [0.1, 0.15) is 6.54 Å². The number of aryl methyl sites for hydroxylation is 3. The highest BCUT2D eigenvalue weighted by Crippen LogP contribution is 2.17. The first-order valence-corrected chi connectivity index (χ1v) is 8.78. The van der Waals surface area contributed by atoms with Crippen LogP contribution < -0.4 is 16.4 Å². The zero-order valence-electron chi connectivity index (χ0n) is 16.0. The number of hydrogen-bond donors (Lipinski definition) is 3. The predicted octanol–water partition coefficient (Wildman–Crippen LogP) is 2.68. The summed E-state index contributed by atoms with van der Waals surface area (Å²) in [6.07, 6.45) is 0. The molecule has 3 aromatic rings. The first-order chi connectivity index (χ1) is 13.3. The summed E-state index contributed by atoms with van der Waals surface area (Å²) in [5.74, 6) is -0.764. The van der Waals surface area contributed by atoms with Crippen LogP contribution in [0.3, 0.4) is 0 Å². The summed E-state index contributed by atoms with van der Waals surface area (Å²) in [6.45, 7) is 5.70. The topological polar surface area (TPSA) is 115 Å². The van der Waals surface area contributed by atoms with Crippen LogP contribution in [0, 0.1) is 20.8 Å². The summed E-state index contributed by atoms with van der Waals surface area (Å²) >= 11 is 0. The lowest BCUT2D eigenvalue weighted by atomic mass is 10.1.